The van der Waals surface area contributed by atoms with Gasteiger partial charge in [-0.05, 0) is 55.8 Å². The van der Waals surface area contributed by atoms with Crippen LogP contribution in [0.5, 0.6) is 11.5 Å². The van der Waals surface area contributed by atoms with Crippen LogP contribution >= 0.6 is 0 Å². The number of hydrogen-bond acceptors (Lipinski definition) is 6. The van der Waals surface area contributed by atoms with Gasteiger partial charge in [0.05, 0.1) is 30.4 Å². The van der Waals surface area contributed by atoms with Crippen LogP contribution in [0.15, 0.2) is 66.2 Å². The Hall–Kier alpha value is -4.40. The van der Waals surface area contributed by atoms with Gasteiger partial charge in [0.1, 0.15) is 17.3 Å². The fourth-order valence-corrected chi connectivity index (χ4v) is 4.38. The van der Waals surface area contributed by atoms with Crippen molar-refractivity contribution in [3.05, 3.63) is 89.0 Å². The number of carbonyl (C=O) groups excluding carboxylic acids is 2. The molecule has 1 amide bonds. The molecule has 0 bridgehead atoms. The van der Waals surface area contributed by atoms with Gasteiger partial charge in [-0.1, -0.05) is 12.1 Å². The van der Waals surface area contributed by atoms with E-state index in [2.05, 4.69) is 0 Å². The number of nitrogens with zero attached hydrogens (tertiary/aromatic N) is 2. The van der Waals surface area contributed by atoms with Crippen molar-refractivity contribution in [1.29, 1.82) is 0 Å². The van der Waals surface area contributed by atoms with Crippen LogP contribution in [0.25, 0.3) is 5.76 Å². The zero-order valence-corrected chi connectivity index (χ0v) is 21.5. The van der Waals surface area contributed by atoms with Gasteiger partial charge in [-0.3, -0.25) is 14.5 Å². The first-order valence-electron chi connectivity index (χ1n) is 12.1. The first-order chi connectivity index (χ1) is 18.2. The number of rotatable bonds is 8. The third-order valence-corrected chi connectivity index (χ3v) is 6.17. The molecule has 1 aliphatic rings. The molecule has 9 heteroatoms. The van der Waals surface area contributed by atoms with Crippen LogP contribution in [0.3, 0.4) is 0 Å². The fourth-order valence-electron chi connectivity index (χ4n) is 4.38. The molecule has 1 fully saturated rings. The Bertz CT molecular complexity index is 1400. The Morgan fingerprint density at radius 3 is 2.21 bits per heavy atom. The predicted octanol–water partition coefficient (Wildman–Crippen LogP) is 5.45. The highest BCUT2D eigenvalue weighted by molar-refractivity contribution is 6.51. The van der Waals surface area contributed by atoms with E-state index in [1.807, 2.05) is 25.9 Å². The van der Waals surface area contributed by atoms with Crippen LogP contribution in [0.4, 0.5) is 20.2 Å². The van der Waals surface area contributed by atoms with Gasteiger partial charge >= 0.3 is 0 Å². The Kier molecular flexibility index (Phi) is 7.66. The second kappa shape index (κ2) is 10.9. The summed E-state index contributed by atoms with van der Waals surface area (Å²) in [6.07, 6.45) is 0. The van der Waals surface area contributed by atoms with Crippen molar-refractivity contribution in [3.63, 3.8) is 0 Å². The molecule has 198 valence electrons. The summed E-state index contributed by atoms with van der Waals surface area (Å²) in [5.74, 6) is -3.90. The van der Waals surface area contributed by atoms with Gasteiger partial charge in [-0.15, -0.1) is 0 Å². The molecule has 1 N–H and O–H groups in total. The highest BCUT2D eigenvalue weighted by atomic mass is 19.2. The summed E-state index contributed by atoms with van der Waals surface area (Å²) >= 11 is 0. The highest BCUT2D eigenvalue weighted by Crippen LogP contribution is 2.44. The maximum atomic E-state index is 14.2. The molecule has 4 rings (SSSR count). The van der Waals surface area contributed by atoms with E-state index in [1.54, 1.807) is 49.4 Å². The van der Waals surface area contributed by atoms with Gasteiger partial charge in [0.25, 0.3) is 11.7 Å². The summed E-state index contributed by atoms with van der Waals surface area (Å²) in [6, 6.07) is 13.6. The molecule has 1 heterocycles. The normalized spacial score (nSPS) is 16.6. The second-order valence-electron chi connectivity index (χ2n) is 8.78. The average Bonchev–Trinajstić information content (AvgIpc) is 3.16. The monoisotopic (exact) mass is 522 g/mol. The molecule has 1 saturated heterocycles. The van der Waals surface area contributed by atoms with Crippen molar-refractivity contribution in [2.24, 2.45) is 0 Å². The summed E-state index contributed by atoms with van der Waals surface area (Å²) in [4.78, 5) is 29.7. The fraction of sp³-hybridized carbons (Fsp3) is 0.241. The minimum Gasteiger partial charge on any atom is -0.507 e. The molecule has 1 atom stereocenters. The number of anilines is 2. The Morgan fingerprint density at radius 1 is 0.921 bits per heavy atom. The summed E-state index contributed by atoms with van der Waals surface area (Å²) in [7, 11) is 3.73. The lowest BCUT2D eigenvalue weighted by atomic mass is 9.94. The van der Waals surface area contributed by atoms with E-state index < -0.39 is 35.1 Å². The number of amides is 1. The summed E-state index contributed by atoms with van der Waals surface area (Å²) in [6.45, 7) is 4.29. The maximum Gasteiger partial charge on any atom is 0.300 e. The second-order valence-corrected chi connectivity index (χ2v) is 8.78. The first kappa shape index (κ1) is 26.7. The van der Waals surface area contributed by atoms with Crippen LogP contribution in [-0.4, -0.2) is 44.1 Å². The molecule has 7 nitrogen and oxygen atoms in total. The number of ether oxygens (including phenoxy) is 2. The molecular weight excluding hydrogens is 494 g/mol. The molecule has 1 aliphatic heterocycles. The Labute approximate surface area is 219 Å². The molecular formula is C29H28F2N2O5. The summed E-state index contributed by atoms with van der Waals surface area (Å²) in [5, 5.41) is 11.5. The molecule has 0 aromatic heterocycles. The molecule has 0 radical (unpaired) electrons. The van der Waals surface area contributed by atoms with Gasteiger partial charge in [0.15, 0.2) is 11.6 Å². The topological polar surface area (TPSA) is 79.3 Å². The number of aliphatic hydroxyl groups excluding tert-OH is 1. The molecule has 1 unspecified atom stereocenters. The summed E-state index contributed by atoms with van der Waals surface area (Å²) in [5.41, 5.74) is 1.31. The van der Waals surface area contributed by atoms with Crippen LogP contribution in [0, 0.1) is 11.6 Å². The summed E-state index contributed by atoms with van der Waals surface area (Å²) < 4.78 is 39.1. The third-order valence-electron chi connectivity index (χ3n) is 6.17. The van der Waals surface area contributed by atoms with Crippen LogP contribution < -0.4 is 19.3 Å². The van der Waals surface area contributed by atoms with E-state index >= 15 is 0 Å². The average molecular weight is 523 g/mol. The van der Waals surface area contributed by atoms with Crippen LogP contribution in [0.1, 0.15) is 31.0 Å². The molecule has 38 heavy (non-hydrogen) atoms. The van der Waals surface area contributed by atoms with Gasteiger partial charge in [-0.2, -0.15) is 0 Å². The van der Waals surface area contributed by atoms with Crippen LogP contribution in [-0.2, 0) is 9.59 Å². The number of halogens is 2. The smallest absolute Gasteiger partial charge is 0.300 e. The third kappa shape index (κ3) is 4.91. The predicted molar refractivity (Wildman–Crippen MR) is 141 cm³/mol. The zero-order chi connectivity index (χ0) is 27.6. The SMILES string of the molecule is CCOc1ccc(/C(O)=C2/C(=O)C(=O)N(c3ccc(F)c(F)c3)C2c2ccc(N(C)C)cc2)c(OCC)c1. The lowest BCUT2D eigenvalue weighted by Gasteiger charge is -2.26. The number of hydrogen-bond donors (Lipinski definition) is 1. The van der Waals surface area contributed by atoms with Gasteiger partial charge < -0.3 is 19.5 Å². The van der Waals surface area contributed by atoms with Crippen molar-refractivity contribution in [3.8, 4) is 11.5 Å². The minimum atomic E-state index is -1.17. The molecule has 3 aromatic rings. The van der Waals surface area contributed by atoms with Gasteiger partial charge in [0.2, 0.25) is 0 Å². The van der Waals surface area contributed by atoms with E-state index in [0.29, 0.717) is 17.9 Å². The van der Waals surface area contributed by atoms with Crippen LogP contribution in [0.2, 0.25) is 0 Å². The van der Waals surface area contributed by atoms with E-state index in [4.69, 9.17) is 9.47 Å². The number of aliphatic hydroxyl groups is 1. The van der Waals surface area contributed by atoms with Gasteiger partial charge in [0, 0.05) is 37.6 Å². The van der Waals surface area contributed by atoms with Crippen molar-refractivity contribution >= 4 is 28.8 Å². The molecule has 0 aliphatic carbocycles. The van der Waals surface area contributed by atoms with E-state index in [0.717, 1.165) is 22.7 Å². The van der Waals surface area contributed by atoms with Crippen molar-refractivity contribution in [2.75, 3.05) is 37.1 Å². The molecule has 0 saturated carbocycles. The lowest BCUT2D eigenvalue weighted by molar-refractivity contribution is -0.132. The van der Waals surface area contributed by atoms with E-state index in [9.17, 15) is 23.5 Å². The van der Waals surface area contributed by atoms with E-state index in [-0.39, 0.29) is 29.2 Å². The number of benzene rings is 3. The highest BCUT2D eigenvalue weighted by Gasteiger charge is 2.47. The van der Waals surface area contributed by atoms with Crippen molar-refractivity contribution in [1.82, 2.24) is 0 Å². The Morgan fingerprint density at radius 2 is 1.61 bits per heavy atom. The quantitative estimate of drug-likeness (QED) is 0.241. The lowest BCUT2D eigenvalue weighted by Crippen LogP contribution is -2.29. The molecule has 3 aromatic carbocycles. The minimum absolute atomic E-state index is 0.0246. The van der Waals surface area contributed by atoms with Crippen molar-refractivity contribution in [2.45, 2.75) is 19.9 Å². The zero-order valence-electron chi connectivity index (χ0n) is 21.5. The number of carbonyl (C=O) groups is 2. The van der Waals surface area contributed by atoms with E-state index in [1.165, 1.54) is 6.07 Å². The first-order valence-corrected chi connectivity index (χ1v) is 12.1. The standard InChI is InChI=1S/C29H28F2N2O5/c1-5-37-20-12-13-21(24(16-20)38-6-2)27(34)25-26(17-7-9-18(10-8-17)32(3)4)33(29(36)28(25)35)19-11-14-22(30)23(31)15-19/h7-16,26,34H,5-6H2,1-4H3/b27-25-. The van der Waals surface area contributed by atoms with Gasteiger partial charge in [-0.25, -0.2) is 8.78 Å². The largest absolute Gasteiger partial charge is 0.507 e. The maximum absolute atomic E-state index is 14.2. The number of ketones is 1. The number of Topliss-reactive ketones (excluding diaryl/α,β-unsaturated/α-hetero) is 1. The Balaban J connectivity index is 1.95. The van der Waals surface area contributed by atoms with Crippen molar-refractivity contribution < 1.29 is 33.0 Å². The molecule has 0 spiro atoms.